The Kier molecular flexibility index (Phi) is 7.19. The standard InChI is InChI=1S/C23H28N4O3/c1-3-26-19-12-7-8-13-20(19)27(23(30)22(26)29)17-21(28)24-14-9-15-25(2)16-18-10-5-4-6-11-18/h4-8,10-13H,3,9,14-17H2,1-2H3,(H,24,28). The summed E-state index contributed by atoms with van der Waals surface area (Å²) in [6.45, 7) is 4.25. The highest BCUT2D eigenvalue weighted by Gasteiger charge is 2.14. The molecule has 3 rings (SSSR count). The van der Waals surface area contributed by atoms with Crippen molar-refractivity contribution in [2.45, 2.75) is 33.0 Å². The molecule has 0 aliphatic heterocycles. The van der Waals surface area contributed by atoms with Gasteiger partial charge in [0.25, 0.3) is 0 Å². The van der Waals surface area contributed by atoms with Gasteiger partial charge in [0.2, 0.25) is 5.91 Å². The number of fused-ring (bicyclic) bond motifs is 1. The number of rotatable bonds is 9. The van der Waals surface area contributed by atoms with Crippen LogP contribution in [0.25, 0.3) is 11.0 Å². The molecule has 1 heterocycles. The van der Waals surface area contributed by atoms with Crippen LogP contribution >= 0.6 is 0 Å². The molecule has 7 nitrogen and oxygen atoms in total. The van der Waals surface area contributed by atoms with Gasteiger partial charge in [-0.1, -0.05) is 42.5 Å². The van der Waals surface area contributed by atoms with Gasteiger partial charge in [-0.3, -0.25) is 19.0 Å². The second-order valence-electron chi connectivity index (χ2n) is 7.36. The van der Waals surface area contributed by atoms with E-state index in [9.17, 15) is 14.4 Å². The fourth-order valence-corrected chi connectivity index (χ4v) is 3.59. The van der Waals surface area contributed by atoms with Gasteiger partial charge in [-0.15, -0.1) is 0 Å². The summed E-state index contributed by atoms with van der Waals surface area (Å²) in [5, 5.41) is 2.86. The summed E-state index contributed by atoms with van der Waals surface area (Å²) in [5.41, 5.74) is 1.21. The van der Waals surface area contributed by atoms with Crippen molar-refractivity contribution in [3.63, 3.8) is 0 Å². The third kappa shape index (κ3) is 5.04. The van der Waals surface area contributed by atoms with E-state index in [-0.39, 0.29) is 12.5 Å². The lowest BCUT2D eigenvalue weighted by Crippen LogP contribution is -2.44. The molecule has 0 aliphatic rings. The maximum atomic E-state index is 12.5. The van der Waals surface area contributed by atoms with Gasteiger partial charge in [-0.25, -0.2) is 0 Å². The van der Waals surface area contributed by atoms with Crippen LogP contribution in [-0.4, -0.2) is 40.1 Å². The van der Waals surface area contributed by atoms with Crippen LogP contribution in [0.4, 0.5) is 0 Å². The SMILES string of the molecule is CCn1c(=O)c(=O)n(CC(=O)NCCCN(C)Cc2ccccc2)c2ccccc21. The van der Waals surface area contributed by atoms with Gasteiger partial charge in [-0.2, -0.15) is 0 Å². The molecule has 1 amide bonds. The predicted octanol–water partition coefficient (Wildman–Crippen LogP) is 1.82. The molecule has 0 radical (unpaired) electrons. The second-order valence-corrected chi connectivity index (χ2v) is 7.36. The predicted molar refractivity (Wildman–Crippen MR) is 119 cm³/mol. The number of benzene rings is 2. The number of nitrogens with zero attached hydrogens (tertiary/aromatic N) is 3. The van der Waals surface area contributed by atoms with Crippen LogP contribution in [0.2, 0.25) is 0 Å². The van der Waals surface area contributed by atoms with Crippen molar-refractivity contribution in [2.24, 2.45) is 0 Å². The van der Waals surface area contributed by atoms with Gasteiger partial charge >= 0.3 is 11.1 Å². The summed E-state index contributed by atoms with van der Waals surface area (Å²) in [5.74, 6) is -0.276. The van der Waals surface area contributed by atoms with Crippen molar-refractivity contribution >= 4 is 16.9 Å². The van der Waals surface area contributed by atoms with E-state index in [1.807, 2.05) is 38.2 Å². The molecule has 7 heteroatoms. The highest BCUT2D eigenvalue weighted by atomic mass is 16.2. The minimum Gasteiger partial charge on any atom is -0.355 e. The molecule has 30 heavy (non-hydrogen) atoms. The number of amides is 1. The maximum absolute atomic E-state index is 12.5. The first-order chi connectivity index (χ1) is 14.5. The number of aromatic nitrogens is 2. The van der Waals surface area contributed by atoms with Crippen molar-refractivity contribution < 1.29 is 4.79 Å². The largest absolute Gasteiger partial charge is 0.355 e. The zero-order valence-electron chi connectivity index (χ0n) is 17.5. The summed E-state index contributed by atoms with van der Waals surface area (Å²) in [4.78, 5) is 39.5. The lowest BCUT2D eigenvalue weighted by Gasteiger charge is -2.17. The van der Waals surface area contributed by atoms with Crippen LogP contribution in [0.3, 0.4) is 0 Å². The second kappa shape index (κ2) is 10.0. The molecule has 158 valence electrons. The molecule has 1 aromatic heterocycles. The van der Waals surface area contributed by atoms with Crippen LogP contribution in [-0.2, 0) is 24.4 Å². The molecule has 0 bridgehead atoms. The monoisotopic (exact) mass is 408 g/mol. The number of carbonyl (C=O) groups excluding carboxylic acids is 1. The van der Waals surface area contributed by atoms with Crippen molar-refractivity contribution in [2.75, 3.05) is 20.1 Å². The summed E-state index contributed by atoms with van der Waals surface area (Å²) >= 11 is 0. The molecule has 1 N–H and O–H groups in total. The molecular formula is C23H28N4O3. The normalized spacial score (nSPS) is 11.2. The number of aryl methyl sites for hydroxylation is 1. The average molecular weight is 409 g/mol. The van der Waals surface area contributed by atoms with E-state index >= 15 is 0 Å². The van der Waals surface area contributed by atoms with Crippen molar-refractivity contribution in [1.82, 2.24) is 19.4 Å². The van der Waals surface area contributed by atoms with Crippen molar-refractivity contribution in [3.05, 3.63) is 80.9 Å². The Bertz CT molecular complexity index is 1120. The Morgan fingerprint density at radius 1 is 0.933 bits per heavy atom. The third-order valence-electron chi connectivity index (χ3n) is 5.09. The topological polar surface area (TPSA) is 76.3 Å². The Balaban J connectivity index is 1.58. The van der Waals surface area contributed by atoms with Gasteiger partial charge in [0.15, 0.2) is 0 Å². The Labute approximate surface area is 175 Å². The number of carbonyl (C=O) groups is 1. The van der Waals surface area contributed by atoms with E-state index in [1.54, 1.807) is 18.2 Å². The third-order valence-corrected chi connectivity index (χ3v) is 5.09. The summed E-state index contributed by atoms with van der Waals surface area (Å²) in [6, 6.07) is 17.4. The summed E-state index contributed by atoms with van der Waals surface area (Å²) < 4.78 is 2.70. The van der Waals surface area contributed by atoms with Gasteiger partial charge in [0.1, 0.15) is 6.54 Å². The fourth-order valence-electron chi connectivity index (χ4n) is 3.59. The van der Waals surface area contributed by atoms with E-state index in [0.29, 0.717) is 24.1 Å². The molecular weight excluding hydrogens is 380 g/mol. The zero-order valence-corrected chi connectivity index (χ0v) is 17.5. The highest BCUT2D eigenvalue weighted by Crippen LogP contribution is 2.10. The number of nitrogens with one attached hydrogen (secondary N) is 1. The summed E-state index contributed by atoms with van der Waals surface area (Å²) in [6.07, 6.45) is 0.794. The number of hydrogen-bond donors (Lipinski definition) is 1. The number of hydrogen-bond acceptors (Lipinski definition) is 4. The van der Waals surface area contributed by atoms with Gasteiger partial charge in [-0.05, 0) is 44.6 Å². The van der Waals surface area contributed by atoms with E-state index in [4.69, 9.17) is 0 Å². The van der Waals surface area contributed by atoms with Gasteiger partial charge in [0.05, 0.1) is 11.0 Å². The molecule has 0 spiro atoms. The van der Waals surface area contributed by atoms with Crippen LogP contribution in [0.5, 0.6) is 0 Å². The van der Waals surface area contributed by atoms with E-state index in [1.165, 1.54) is 14.7 Å². The molecule has 0 atom stereocenters. The van der Waals surface area contributed by atoms with Crippen molar-refractivity contribution in [1.29, 1.82) is 0 Å². The molecule has 2 aromatic carbocycles. The van der Waals surface area contributed by atoms with Gasteiger partial charge < -0.3 is 14.8 Å². The van der Waals surface area contributed by atoms with E-state index in [2.05, 4.69) is 22.3 Å². The quantitative estimate of drug-likeness (QED) is 0.433. The lowest BCUT2D eigenvalue weighted by atomic mass is 10.2. The first kappa shape index (κ1) is 21.5. The molecule has 0 saturated heterocycles. The smallest absolute Gasteiger partial charge is 0.317 e. The Morgan fingerprint density at radius 2 is 1.53 bits per heavy atom. The molecule has 0 aliphatic carbocycles. The average Bonchev–Trinajstić information content (AvgIpc) is 2.75. The minimum atomic E-state index is -0.673. The number of para-hydroxylation sites is 2. The van der Waals surface area contributed by atoms with E-state index < -0.39 is 11.1 Å². The van der Waals surface area contributed by atoms with Crippen LogP contribution in [0, 0.1) is 0 Å². The first-order valence-electron chi connectivity index (χ1n) is 10.2. The molecule has 0 saturated carbocycles. The lowest BCUT2D eigenvalue weighted by molar-refractivity contribution is -0.121. The Hall–Kier alpha value is -3.19. The maximum Gasteiger partial charge on any atom is 0.317 e. The molecule has 0 fully saturated rings. The fraction of sp³-hybridized carbons (Fsp3) is 0.348. The van der Waals surface area contributed by atoms with Crippen LogP contribution in [0.1, 0.15) is 18.9 Å². The van der Waals surface area contributed by atoms with Crippen LogP contribution in [0.15, 0.2) is 64.2 Å². The molecule has 3 aromatic rings. The van der Waals surface area contributed by atoms with Crippen LogP contribution < -0.4 is 16.4 Å². The zero-order chi connectivity index (χ0) is 21.5. The molecule has 0 unspecified atom stereocenters. The first-order valence-corrected chi connectivity index (χ1v) is 10.2. The Morgan fingerprint density at radius 3 is 2.20 bits per heavy atom. The van der Waals surface area contributed by atoms with Gasteiger partial charge in [0, 0.05) is 19.6 Å². The highest BCUT2D eigenvalue weighted by molar-refractivity contribution is 5.80. The summed E-state index contributed by atoms with van der Waals surface area (Å²) in [7, 11) is 2.04. The van der Waals surface area contributed by atoms with Crippen molar-refractivity contribution in [3.8, 4) is 0 Å². The van der Waals surface area contributed by atoms with E-state index in [0.717, 1.165) is 19.5 Å². The minimum absolute atomic E-state index is 0.168.